The van der Waals surface area contributed by atoms with Gasteiger partial charge in [-0.25, -0.2) is 0 Å². The Bertz CT molecular complexity index is 539. The van der Waals surface area contributed by atoms with E-state index in [1.54, 1.807) is 0 Å². The molecule has 2 unspecified atom stereocenters. The number of hydrogen-bond acceptors (Lipinski definition) is 7. The molecule has 0 radical (unpaired) electrons. The predicted octanol–water partition coefficient (Wildman–Crippen LogP) is 1.18. The van der Waals surface area contributed by atoms with Gasteiger partial charge in [-0.1, -0.05) is 0 Å². The van der Waals surface area contributed by atoms with E-state index in [2.05, 4.69) is 0 Å². The minimum atomic E-state index is -1.37. The summed E-state index contributed by atoms with van der Waals surface area (Å²) in [5.41, 5.74) is -1.23. The zero-order valence-corrected chi connectivity index (χ0v) is 12.4. The summed E-state index contributed by atoms with van der Waals surface area (Å²) in [4.78, 5) is 34.7. The molecule has 8 nitrogen and oxygen atoms in total. The second kappa shape index (κ2) is 5.10. The van der Waals surface area contributed by atoms with Crippen LogP contribution in [0.3, 0.4) is 0 Å². The Morgan fingerprint density at radius 1 is 1.19 bits per heavy atom. The van der Waals surface area contributed by atoms with E-state index < -0.39 is 29.8 Å². The first-order chi connectivity index (χ1) is 9.66. The van der Waals surface area contributed by atoms with Crippen molar-refractivity contribution in [1.29, 1.82) is 0 Å². The van der Waals surface area contributed by atoms with Crippen LogP contribution < -0.4 is 0 Å². The van der Waals surface area contributed by atoms with Crippen LogP contribution >= 0.6 is 0 Å². The summed E-state index contributed by atoms with van der Waals surface area (Å²) < 4.78 is 10.8. The number of rotatable bonds is 2. The molecule has 0 aromatic rings. The molecule has 0 spiro atoms. The number of nitrogens with zero attached hydrogens (tertiary/aromatic N) is 2. The van der Waals surface area contributed by atoms with Crippen LogP contribution in [0.4, 0.5) is 0 Å². The molecule has 1 heterocycles. The van der Waals surface area contributed by atoms with E-state index in [9.17, 15) is 19.7 Å². The van der Waals surface area contributed by atoms with Crippen molar-refractivity contribution in [2.75, 3.05) is 0 Å². The molecule has 0 amide bonds. The first kappa shape index (κ1) is 15.4. The van der Waals surface area contributed by atoms with Crippen LogP contribution in [0, 0.1) is 10.1 Å². The predicted molar refractivity (Wildman–Crippen MR) is 70.3 cm³/mol. The van der Waals surface area contributed by atoms with Gasteiger partial charge < -0.3 is 19.7 Å². The fourth-order valence-corrected chi connectivity index (χ4v) is 2.68. The first-order valence-corrected chi connectivity index (χ1v) is 6.69. The van der Waals surface area contributed by atoms with Crippen LogP contribution in [0.2, 0.25) is 0 Å². The van der Waals surface area contributed by atoms with E-state index in [1.165, 1.54) is 27.7 Å². The minimum absolute atomic E-state index is 0.0719. The van der Waals surface area contributed by atoms with E-state index in [0.717, 1.165) is 0 Å². The van der Waals surface area contributed by atoms with Gasteiger partial charge in [0.05, 0.1) is 4.76 Å². The molecule has 0 aromatic heterocycles. The lowest BCUT2D eigenvalue weighted by Gasteiger charge is -2.36. The largest absolute Gasteiger partial charge is 0.753 e. The van der Waals surface area contributed by atoms with E-state index in [0.29, 0.717) is 22.7 Å². The van der Waals surface area contributed by atoms with Crippen molar-refractivity contribution in [3.05, 3.63) is 21.5 Å². The van der Waals surface area contributed by atoms with Gasteiger partial charge in [0.15, 0.2) is 6.10 Å². The highest BCUT2D eigenvalue weighted by Crippen LogP contribution is 2.42. The highest BCUT2D eigenvalue weighted by molar-refractivity contribution is 5.67. The van der Waals surface area contributed by atoms with Gasteiger partial charge in [-0.2, -0.15) is 0 Å². The van der Waals surface area contributed by atoms with Crippen molar-refractivity contribution in [3.63, 3.8) is 0 Å². The normalized spacial score (nSPS) is 27.5. The van der Waals surface area contributed by atoms with Crippen molar-refractivity contribution < 1.29 is 23.8 Å². The number of hydrogen-bond donors (Lipinski definition) is 0. The molecule has 2 atom stereocenters. The van der Waals surface area contributed by atoms with E-state index in [1.807, 2.05) is 0 Å². The third-order valence-electron chi connectivity index (χ3n) is 3.61. The highest BCUT2D eigenvalue weighted by Gasteiger charge is 2.57. The maximum Gasteiger partial charge on any atom is 0.303 e. The Balaban J connectivity index is 2.45. The molecular weight excluding hydrogens is 280 g/mol. The third kappa shape index (κ3) is 2.51. The quantitative estimate of drug-likeness (QED) is 0.557. The molecule has 1 aliphatic heterocycles. The Morgan fingerprint density at radius 3 is 2.19 bits per heavy atom. The highest BCUT2D eigenvalue weighted by atomic mass is 16.6. The van der Waals surface area contributed by atoms with Crippen LogP contribution in [0.5, 0.6) is 0 Å². The molecular formula is C13H18N2O6. The van der Waals surface area contributed by atoms with E-state index in [4.69, 9.17) is 9.47 Å². The fourth-order valence-electron chi connectivity index (χ4n) is 2.68. The van der Waals surface area contributed by atoms with Gasteiger partial charge in [-0.05, 0) is 12.8 Å². The lowest BCUT2D eigenvalue weighted by atomic mass is 9.96. The van der Waals surface area contributed by atoms with Crippen molar-refractivity contribution in [1.82, 2.24) is 5.06 Å². The second-order valence-electron chi connectivity index (χ2n) is 5.63. The second-order valence-corrected chi connectivity index (χ2v) is 5.63. The number of carbonyl (C=O) groups is 2. The molecule has 8 heteroatoms. The number of hydroxylamine groups is 2. The average molecular weight is 298 g/mol. The molecule has 21 heavy (non-hydrogen) atoms. The third-order valence-corrected chi connectivity index (χ3v) is 3.61. The van der Waals surface area contributed by atoms with Crippen LogP contribution in [0.1, 0.15) is 40.5 Å². The maximum atomic E-state index is 12.4. The van der Waals surface area contributed by atoms with Gasteiger partial charge in [0.1, 0.15) is 11.8 Å². The number of carbonyl (C=O) groups excluding carboxylic acids is 2. The molecule has 116 valence electrons. The van der Waals surface area contributed by atoms with Gasteiger partial charge in [0.2, 0.25) is 0 Å². The lowest BCUT2D eigenvalue weighted by Crippen LogP contribution is -2.42. The van der Waals surface area contributed by atoms with Crippen molar-refractivity contribution in [2.24, 2.45) is 0 Å². The zero-order chi connectivity index (χ0) is 15.9. The van der Waals surface area contributed by atoms with Crippen LogP contribution in [0.25, 0.3) is 0 Å². The smallest absolute Gasteiger partial charge is 0.303 e. The lowest BCUT2D eigenvalue weighted by molar-refractivity contribution is -0.590. The van der Waals surface area contributed by atoms with Gasteiger partial charge in [0, 0.05) is 32.6 Å². The summed E-state index contributed by atoms with van der Waals surface area (Å²) in [7, 11) is 0. The minimum Gasteiger partial charge on any atom is -0.753 e. The topological polar surface area (TPSA) is 99.0 Å². The van der Waals surface area contributed by atoms with E-state index in [-0.39, 0.29) is 11.4 Å². The monoisotopic (exact) mass is 298 g/mol. The zero-order valence-electron chi connectivity index (χ0n) is 12.4. The SMILES string of the molecule is CC(=O)OC1CCC(OC(C)=O)C2=C1N([O-])C(C)(C)[N+]2=O. The summed E-state index contributed by atoms with van der Waals surface area (Å²) in [6.07, 6.45) is -0.946. The van der Waals surface area contributed by atoms with Gasteiger partial charge >= 0.3 is 11.9 Å². The summed E-state index contributed by atoms with van der Waals surface area (Å²) >= 11 is 0. The Morgan fingerprint density at radius 2 is 1.67 bits per heavy atom. The molecule has 1 aliphatic carbocycles. The molecule has 0 fully saturated rings. The van der Waals surface area contributed by atoms with Crippen LogP contribution in [-0.2, 0) is 19.1 Å². The number of esters is 2. The molecule has 0 N–H and O–H groups in total. The summed E-state index contributed by atoms with van der Waals surface area (Å²) in [6, 6.07) is 0. The fraction of sp³-hybridized carbons (Fsp3) is 0.692. The van der Waals surface area contributed by atoms with Crippen LogP contribution in [0.15, 0.2) is 11.4 Å². The Labute approximate surface area is 121 Å². The average Bonchev–Trinajstić information content (AvgIpc) is 2.53. The molecule has 0 saturated heterocycles. The molecule has 0 aromatic carbocycles. The Hall–Kier alpha value is -1.96. The Kier molecular flexibility index (Phi) is 3.75. The van der Waals surface area contributed by atoms with Crippen molar-refractivity contribution in [3.8, 4) is 0 Å². The van der Waals surface area contributed by atoms with Gasteiger partial charge in [0.25, 0.3) is 11.4 Å². The maximum absolute atomic E-state index is 12.4. The standard InChI is InChI=1S/C13H18N2O6/c1-7(16)20-9-5-6-10(21-8(2)17)12-11(9)14(18)13(3,4)15(12)19/h9-10H,5-6H2,1-4H3. The van der Waals surface area contributed by atoms with Crippen LogP contribution in [-0.4, -0.2) is 39.6 Å². The summed E-state index contributed by atoms with van der Waals surface area (Å²) in [6.45, 7) is 5.40. The van der Waals surface area contributed by atoms with Crippen molar-refractivity contribution in [2.45, 2.75) is 58.4 Å². The van der Waals surface area contributed by atoms with E-state index >= 15 is 0 Å². The molecule has 0 saturated carbocycles. The first-order valence-electron chi connectivity index (χ1n) is 6.69. The number of nitroso groups, excluding NO2 is 1. The molecule has 0 bridgehead atoms. The summed E-state index contributed by atoms with van der Waals surface area (Å²) in [5, 5.41) is 12.9. The number of ether oxygens (including phenoxy) is 2. The summed E-state index contributed by atoms with van der Waals surface area (Å²) in [5.74, 6) is -1.07. The van der Waals surface area contributed by atoms with Crippen molar-refractivity contribution >= 4 is 11.9 Å². The van der Waals surface area contributed by atoms with Gasteiger partial charge in [-0.15, -0.1) is 0 Å². The van der Waals surface area contributed by atoms with Gasteiger partial charge in [-0.3, -0.25) is 9.59 Å². The molecule has 2 aliphatic rings. The molecule has 2 rings (SSSR count).